The third-order valence-electron chi connectivity index (χ3n) is 3.74. The van der Waals surface area contributed by atoms with Crippen molar-refractivity contribution in [1.82, 2.24) is 4.90 Å². The summed E-state index contributed by atoms with van der Waals surface area (Å²) in [5.74, 6) is 1.13. The Bertz CT molecular complexity index is 462. The van der Waals surface area contributed by atoms with Gasteiger partial charge < -0.3 is 0 Å². The van der Waals surface area contributed by atoms with Gasteiger partial charge in [0.1, 0.15) is 5.82 Å². The molecule has 0 radical (unpaired) electrons. The van der Waals surface area contributed by atoms with Gasteiger partial charge in [0, 0.05) is 13.1 Å². The lowest BCUT2D eigenvalue weighted by molar-refractivity contribution is 0.296. The van der Waals surface area contributed by atoms with Crippen LogP contribution in [0, 0.1) is 29.0 Å². The molecule has 0 amide bonds. The fourth-order valence-corrected chi connectivity index (χ4v) is 2.61. The molecule has 1 fully saturated rings. The summed E-state index contributed by atoms with van der Waals surface area (Å²) in [6, 6.07) is 6.60. The van der Waals surface area contributed by atoms with Crippen molar-refractivity contribution >= 4 is 0 Å². The number of hydrogen-bond acceptors (Lipinski definition) is 2. The Morgan fingerprint density at radius 3 is 2.83 bits per heavy atom. The topological polar surface area (TPSA) is 27.0 Å². The summed E-state index contributed by atoms with van der Waals surface area (Å²) in [6.07, 6.45) is 1.22. The van der Waals surface area contributed by atoms with Crippen LogP contribution in [-0.2, 0) is 6.54 Å². The van der Waals surface area contributed by atoms with Crippen molar-refractivity contribution in [2.24, 2.45) is 11.8 Å². The Morgan fingerprint density at radius 1 is 1.44 bits per heavy atom. The minimum absolute atomic E-state index is 0.316. The number of nitriles is 1. The van der Waals surface area contributed by atoms with E-state index in [0.717, 1.165) is 31.1 Å². The molecule has 1 aliphatic rings. The summed E-state index contributed by atoms with van der Waals surface area (Å²) in [5, 5.41) is 8.83. The van der Waals surface area contributed by atoms with Crippen LogP contribution >= 0.6 is 0 Å². The van der Waals surface area contributed by atoms with Gasteiger partial charge in [-0.3, -0.25) is 4.90 Å². The monoisotopic (exact) mass is 246 g/mol. The fraction of sp³-hybridized carbons (Fsp3) is 0.533. The normalized spacial score (nSPS) is 20.3. The largest absolute Gasteiger partial charge is 0.299 e. The van der Waals surface area contributed by atoms with E-state index in [4.69, 9.17) is 5.26 Å². The van der Waals surface area contributed by atoms with E-state index < -0.39 is 0 Å². The van der Waals surface area contributed by atoms with Crippen molar-refractivity contribution in [3.05, 3.63) is 35.1 Å². The van der Waals surface area contributed by atoms with E-state index in [-0.39, 0.29) is 5.82 Å². The van der Waals surface area contributed by atoms with Gasteiger partial charge in [-0.05, 0) is 48.6 Å². The maximum absolute atomic E-state index is 13.3. The first-order chi connectivity index (χ1) is 8.58. The van der Waals surface area contributed by atoms with Crippen LogP contribution in [0.4, 0.5) is 4.39 Å². The number of nitrogens with zero attached hydrogens (tertiary/aromatic N) is 2. The van der Waals surface area contributed by atoms with Crippen LogP contribution < -0.4 is 0 Å². The van der Waals surface area contributed by atoms with Crippen LogP contribution in [-0.4, -0.2) is 18.0 Å². The van der Waals surface area contributed by atoms with E-state index in [9.17, 15) is 4.39 Å². The number of benzene rings is 1. The van der Waals surface area contributed by atoms with Crippen LogP contribution in [0.3, 0.4) is 0 Å². The first-order valence-electron chi connectivity index (χ1n) is 6.50. The quantitative estimate of drug-likeness (QED) is 0.819. The number of rotatable bonds is 3. The van der Waals surface area contributed by atoms with Crippen LogP contribution in [0.5, 0.6) is 0 Å². The lowest BCUT2D eigenvalue weighted by Gasteiger charge is -2.18. The van der Waals surface area contributed by atoms with Gasteiger partial charge in [0.15, 0.2) is 0 Å². The molecule has 3 heteroatoms. The van der Waals surface area contributed by atoms with Crippen molar-refractivity contribution in [3.8, 4) is 6.07 Å². The van der Waals surface area contributed by atoms with Crippen molar-refractivity contribution in [2.75, 3.05) is 13.1 Å². The minimum Gasteiger partial charge on any atom is -0.299 e. The Kier molecular flexibility index (Phi) is 3.98. The zero-order valence-corrected chi connectivity index (χ0v) is 11.0. The molecule has 1 aromatic carbocycles. The smallest absolute Gasteiger partial charge is 0.124 e. The maximum Gasteiger partial charge on any atom is 0.124 e. The van der Waals surface area contributed by atoms with E-state index in [1.54, 1.807) is 6.07 Å². The molecule has 96 valence electrons. The lowest BCUT2D eigenvalue weighted by atomic mass is 9.95. The average molecular weight is 246 g/mol. The van der Waals surface area contributed by atoms with Crippen LogP contribution in [0.15, 0.2) is 18.2 Å². The number of hydrogen-bond donors (Lipinski definition) is 0. The Morgan fingerprint density at radius 2 is 2.22 bits per heavy atom. The highest BCUT2D eigenvalue weighted by atomic mass is 19.1. The van der Waals surface area contributed by atoms with Gasteiger partial charge in [0.2, 0.25) is 0 Å². The van der Waals surface area contributed by atoms with E-state index in [1.165, 1.54) is 18.6 Å². The summed E-state index contributed by atoms with van der Waals surface area (Å²) in [7, 11) is 0. The highest BCUT2D eigenvalue weighted by Gasteiger charge is 2.24. The molecule has 0 saturated carbocycles. The van der Waals surface area contributed by atoms with E-state index in [0.29, 0.717) is 11.5 Å². The van der Waals surface area contributed by atoms with Gasteiger partial charge in [-0.25, -0.2) is 4.39 Å². The lowest BCUT2D eigenvalue weighted by Crippen LogP contribution is -2.21. The van der Waals surface area contributed by atoms with Crippen molar-refractivity contribution in [3.63, 3.8) is 0 Å². The molecule has 1 saturated heterocycles. The zero-order valence-electron chi connectivity index (χ0n) is 11.0. The molecule has 2 rings (SSSR count). The fourth-order valence-electron chi connectivity index (χ4n) is 2.61. The predicted molar refractivity (Wildman–Crippen MR) is 69.3 cm³/mol. The van der Waals surface area contributed by atoms with Gasteiger partial charge in [0.25, 0.3) is 0 Å². The SMILES string of the molecule is CC(C)C1CCN(Cc2cc(F)cc(C#N)c2)C1. The van der Waals surface area contributed by atoms with Crippen molar-refractivity contribution in [1.29, 1.82) is 5.26 Å². The molecule has 0 spiro atoms. The number of likely N-dealkylation sites (tertiary alicyclic amines) is 1. The number of halogens is 1. The Balaban J connectivity index is 2.03. The molecule has 1 heterocycles. The van der Waals surface area contributed by atoms with Crippen LogP contribution in [0.1, 0.15) is 31.4 Å². The highest BCUT2D eigenvalue weighted by molar-refractivity contribution is 5.33. The van der Waals surface area contributed by atoms with Crippen LogP contribution in [0.2, 0.25) is 0 Å². The second-order valence-corrected chi connectivity index (χ2v) is 5.49. The van der Waals surface area contributed by atoms with E-state index >= 15 is 0 Å². The molecule has 1 aliphatic heterocycles. The maximum atomic E-state index is 13.3. The molecular formula is C15H19FN2. The summed E-state index contributed by atoms with van der Waals surface area (Å²) in [6.45, 7) is 7.40. The molecule has 1 atom stereocenters. The third kappa shape index (κ3) is 3.08. The second kappa shape index (κ2) is 5.49. The molecule has 18 heavy (non-hydrogen) atoms. The zero-order chi connectivity index (χ0) is 13.1. The van der Waals surface area contributed by atoms with E-state index in [2.05, 4.69) is 18.7 Å². The van der Waals surface area contributed by atoms with Gasteiger partial charge >= 0.3 is 0 Å². The Labute approximate surface area is 108 Å². The van der Waals surface area contributed by atoms with Gasteiger partial charge in [0.05, 0.1) is 11.6 Å². The molecule has 1 aromatic rings. The summed E-state index contributed by atoms with van der Waals surface area (Å²) >= 11 is 0. The van der Waals surface area contributed by atoms with Gasteiger partial charge in [-0.15, -0.1) is 0 Å². The summed E-state index contributed by atoms with van der Waals surface area (Å²) in [4.78, 5) is 2.35. The molecule has 1 unspecified atom stereocenters. The molecule has 0 bridgehead atoms. The highest BCUT2D eigenvalue weighted by Crippen LogP contribution is 2.25. The minimum atomic E-state index is -0.316. The molecular weight excluding hydrogens is 227 g/mol. The van der Waals surface area contributed by atoms with Gasteiger partial charge in [-0.2, -0.15) is 5.26 Å². The third-order valence-corrected chi connectivity index (χ3v) is 3.74. The Hall–Kier alpha value is -1.40. The van der Waals surface area contributed by atoms with Crippen molar-refractivity contribution < 1.29 is 4.39 Å². The molecule has 2 nitrogen and oxygen atoms in total. The van der Waals surface area contributed by atoms with Crippen molar-refractivity contribution in [2.45, 2.75) is 26.8 Å². The van der Waals surface area contributed by atoms with Gasteiger partial charge in [-0.1, -0.05) is 13.8 Å². The molecule has 0 aromatic heterocycles. The first kappa shape index (κ1) is 13.0. The first-order valence-corrected chi connectivity index (χ1v) is 6.50. The molecule has 0 aliphatic carbocycles. The summed E-state index contributed by atoms with van der Waals surface area (Å²) in [5.41, 5.74) is 1.31. The average Bonchev–Trinajstić information content (AvgIpc) is 2.76. The predicted octanol–water partition coefficient (Wildman–Crippen LogP) is 3.18. The van der Waals surface area contributed by atoms with E-state index in [1.807, 2.05) is 6.07 Å². The summed E-state index contributed by atoms with van der Waals surface area (Å²) < 4.78 is 13.3. The molecule has 0 N–H and O–H groups in total. The van der Waals surface area contributed by atoms with Crippen LogP contribution in [0.25, 0.3) is 0 Å². The standard InChI is InChI=1S/C15H19FN2/c1-11(2)14-3-4-18(10-14)9-13-5-12(8-17)6-15(16)7-13/h5-7,11,14H,3-4,9-10H2,1-2H3. The second-order valence-electron chi connectivity index (χ2n) is 5.49.